The Labute approximate surface area is 127 Å². The number of carbonyl (C=O) groups is 2. The molecule has 0 aromatic heterocycles. The molecule has 23 heavy (non-hydrogen) atoms. The number of nitro benzene ring substituents is 1. The standard InChI is InChI=1S/C12H11F3N4O4/c1-11(5-16)9(20)18(10(21)17-11)6-2-3-8(19(22)23)7(4-6)12(13,14)15/h2-4H,5,16H2,1H3,(H,17,21). The van der Waals surface area contributed by atoms with E-state index in [-0.39, 0.29) is 6.54 Å². The number of nitro groups is 1. The zero-order valence-electron chi connectivity index (χ0n) is 11.7. The first kappa shape index (κ1) is 16.7. The van der Waals surface area contributed by atoms with Gasteiger partial charge in [0, 0.05) is 12.6 Å². The van der Waals surface area contributed by atoms with Gasteiger partial charge >= 0.3 is 12.2 Å². The number of urea groups is 1. The van der Waals surface area contributed by atoms with Crippen molar-refractivity contribution in [1.82, 2.24) is 5.32 Å². The van der Waals surface area contributed by atoms with Gasteiger partial charge in [-0.1, -0.05) is 0 Å². The monoisotopic (exact) mass is 332 g/mol. The number of amides is 3. The van der Waals surface area contributed by atoms with Gasteiger partial charge in [-0.25, -0.2) is 9.69 Å². The lowest BCUT2D eigenvalue weighted by atomic mass is 10.0. The maximum absolute atomic E-state index is 13.0. The lowest BCUT2D eigenvalue weighted by molar-refractivity contribution is -0.388. The zero-order chi connectivity index (χ0) is 17.6. The van der Waals surface area contributed by atoms with E-state index in [1.165, 1.54) is 6.92 Å². The van der Waals surface area contributed by atoms with Gasteiger partial charge in [0.25, 0.3) is 11.6 Å². The fourth-order valence-corrected chi connectivity index (χ4v) is 2.11. The van der Waals surface area contributed by atoms with Crippen LogP contribution in [0.4, 0.5) is 29.3 Å². The van der Waals surface area contributed by atoms with E-state index in [0.717, 1.165) is 6.07 Å². The van der Waals surface area contributed by atoms with Gasteiger partial charge in [-0.05, 0) is 19.1 Å². The minimum Gasteiger partial charge on any atom is -0.328 e. The Morgan fingerprint density at radius 2 is 2.00 bits per heavy atom. The summed E-state index contributed by atoms with van der Waals surface area (Å²) in [4.78, 5) is 34.1. The SMILES string of the molecule is CC1(CN)NC(=O)N(c2ccc([N+](=O)[O-])c(C(F)(F)F)c2)C1=O. The smallest absolute Gasteiger partial charge is 0.328 e. The van der Waals surface area contributed by atoms with Crippen LogP contribution in [0.5, 0.6) is 0 Å². The van der Waals surface area contributed by atoms with Crippen molar-refractivity contribution in [2.45, 2.75) is 18.6 Å². The summed E-state index contributed by atoms with van der Waals surface area (Å²) < 4.78 is 38.9. The fourth-order valence-electron chi connectivity index (χ4n) is 2.11. The largest absolute Gasteiger partial charge is 0.423 e. The summed E-state index contributed by atoms with van der Waals surface area (Å²) in [6, 6.07) is 0.923. The van der Waals surface area contributed by atoms with Crippen LogP contribution in [0.25, 0.3) is 0 Å². The molecule has 8 nitrogen and oxygen atoms in total. The molecule has 1 fully saturated rings. The highest BCUT2D eigenvalue weighted by molar-refractivity contribution is 6.23. The molecule has 3 amide bonds. The van der Waals surface area contributed by atoms with Gasteiger partial charge in [-0.15, -0.1) is 0 Å². The zero-order valence-corrected chi connectivity index (χ0v) is 11.7. The van der Waals surface area contributed by atoms with E-state index in [4.69, 9.17) is 5.73 Å². The van der Waals surface area contributed by atoms with Crippen LogP contribution >= 0.6 is 0 Å². The number of nitrogens with one attached hydrogen (secondary N) is 1. The molecule has 0 radical (unpaired) electrons. The van der Waals surface area contributed by atoms with Crippen LogP contribution in [0.2, 0.25) is 0 Å². The molecule has 0 saturated carbocycles. The van der Waals surface area contributed by atoms with Crippen LogP contribution in [-0.2, 0) is 11.0 Å². The molecular weight excluding hydrogens is 321 g/mol. The minimum absolute atomic E-state index is 0.257. The molecule has 3 N–H and O–H groups in total. The molecule has 1 heterocycles. The molecule has 0 spiro atoms. The van der Waals surface area contributed by atoms with Crippen LogP contribution < -0.4 is 16.0 Å². The number of halogens is 3. The van der Waals surface area contributed by atoms with Crippen molar-refractivity contribution in [3.8, 4) is 0 Å². The predicted molar refractivity (Wildman–Crippen MR) is 71.6 cm³/mol. The molecule has 0 bridgehead atoms. The van der Waals surface area contributed by atoms with Gasteiger partial charge in [-0.2, -0.15) is 13.2 Å². The molecule has 1 aliphatic heterocycles. The van der Waals surface area contributed by atoms with Gasteiger partial charge in [-0.3, -0.25) is 14.9 Å². The van der Waals surface area contributed by atoms with E-state index in [1.54, 1.807) is 0 Å². The molecule has 1 aromatic carbocycles. The summed E-state index contributed by atoms with van der Waals surface area (Å²) in [5.41, 5.74) is 0.792. The van der Waals surface area contributed by atoms with Crippen molar-refractivity contribution in [3.63, 3.8) is 0 Å². The molecule has 0 aliphatic carbocycles. The predicted octanol–water partition coefficient (Wildman–Crippen LogP) is 1.39. The van der Waals surface area contributed by atoms with E-state index in [9.17, 15) is 32.9 Å². The molecule has 124 valence electrons. The van der Waals surface area contributed by atoms with Gasteiger partial charge in [0.1, 0.15) is 11.1 Å². The summed E-state index contributed by atoms with van der Waals surface area (Å²) in [5.74, 6) is -0.841. The topological polar surface area (TPSA) is 119 Å². The summed E-state index contributed by atoms with van der Waals surface area (Å²) in [6.07, 6.45) is -5.02. The third-order valence-corrected chi connectivity index (χ3v) is 3.41. The number of nitrogens with two attached hydrogens (primary N) is 1. The van der Waals surface area contributed by atoms with E-state index >= 15 is 0 Å². The normalized spacial score (nSPS) is 21.5. The number of carbonyl (C=O) groups excluding carboxylic acids is 2. The maximum atomic E-state index is 13.0. The van der Waals surface area contributed by atoms with Gasteiger partial charge in [0.2, 0.25) is 0 Å². The van der Waals surface area contributed by atoms with Crippen LogP contribution in [0, 0.1) is 10.1 Å². The molecule has 11 heteroatoms. The number of nitrogens with zero attached hydrogens (tertiary/aromatic N) is 2. The minimum atomic E-state index is -5.02. The van der Waals surface area contributed by atoms with Crippen LogP contribution in [0.1, 0.15) is 12.5 Å². The van der Waals surface area contributed by atoms with Crippen LogP contribution in [0.15, 0.2) is 18.2 Å². The molecular formula is C12H11F3N4O4. The highest BCUT2D eigenvalue weighted by Gasteiger charge is 2.48. The number of anilines is 1. The number of hydrogen-bond acceptors (Lipinski definition) is 5. The Morgan fingerprint density at radius 3 is 2.43 bits per heavy atom. The Kier molecular flexibility index (Phi) is 3.76. The quantitative estimate of drug-likeness (QED) is 0.492. The van der Waals surface area contributed by atoms with Crippen molar-refractivity contribution in [2.75, 3.05) is 11.4 Å². The summed E-state index contributed by atoms with van der Waals surface area (Å²) in [6.45, 7) is 1.07. The highest BCUT2D eigenvalue weighted by atomic mass is 19.4. The molecule has 2 rings (SSSR count). The Balaban J connectivity index is 2.56. The van der Waals surface area contributed by atoms with E-state index < -0.39 is 45.5 Å². The maximum Gasteiger partial charge on any atom is 0.423 e. The molecule has 1 aromatic rings. The van der Waals surface area contributed by atoms with Crippen molar-refractivity contribution in [3.05, 3.63) is 33.9 Å². The Morgan fingerprint density at radius 1 is 1.39 bits per heavy atom. The average molecular weight is 332 g/mol. The summed E-state index contributed by atoms with van der Waals surface area (Å²) in [5, 5.41) is 13.0. The van der Waals surface area contributed by atoms with E-state index in [0.29, 0.717) is 17.0 Å². The van der Waals surface area contributed by atoms with E-state index in [1.807, 2.05) is 0 Å². The molecule has 1 saturated heterocycles. The first-order valence-electron chi connectivity index (χ1n) is 6.23. The lowest BCUT2D eigenvalue weighted by Gasteiger charge is -2.19. The second kappa shape index (κ2) is 5.19. The van der Waals surface area contributed by atoms with Crippen molar-refractivity contribution in [1.29, 1.82) is 0 Å². The third-order valence-electron chi connectivity index (χ3n) is 3.41. The number of alkyl halides is 3. The lowest BCUT2D eigenvalue weighted by Crippen LogP contribution is -2.50. The highest BCUT2D eigenvalue weighted by Crippen LogP contribution is 2.39. The first-order valence-corrected chi connectivity index (χ1v) is 6.23. The fraction of sp³-hybridized carbons (Fsp3) is 0.333. The molecule has 1 atom stereocenters. The van der Waals surface area contributed by atoms with Gasteiger partial charge in [0.05, 0.1) is 10.6 Å². The van der Waals surface area contributed by atoms with Gasteiger partial charge < -0.3 is 11.1 Å². The first-order chi connectivity index (χ1) is 10.5. The number of rotatable bonds is 3. The third kappa shape index (κ3) is 2.70. The second-order valence-corrected chi connectivity index (χ2v) is 5.06. The Hall–Kier alpha value is -2.69. The Bertz CT molecular complexity index is 706. The van der Waals surface area contributed by atoms with Crippen molar-refractivity contribution in [2.24, 2.45) is 5.73 Å². The van der Waals surface area contributed by atoms with E-state index in [2.05, 4.69) is 5.32 Å². The number of benzene rings is 1. The summed E-state index contributed by atoms with van der Waals surface area (Å²) in [7, 11) is 0. The van der Waals surface area contributed by atoms with Crippen LogP contribution in [-0.4, -0.2) is 28.9 Å². The van der Waals surface area contributed by atoms with Crippen molar-refractivity contribution >= 4 is 23.3 Å². The number of hydrogen-bond donors (Lipinski definition) is 2. The average Bonchev–Trinajstić information content (AvgIpc) is 2.68. The molecule has 1 aliphatic rings. The number of imide groups is 1. The second-order valence-electron chi connectivity index (χ2n) is 5.06. The van der Waals surface area contributed by atoms with Crippen LogP contribution in [0.3, 0.4) is 0 Å². The van der Waals surface area contributed by atoms with Crippen molar-refractivity contribution < 1.29 is 27.7 Å². The van der Waals surface area contributed by atoms with Gasteiger partial charge in [0.15, 0.2) is 0 Å². The molecule has 1 unspecified atom stereocenters. The summed E-state index contributed by atoms with van der Waals surface area (Å²) >= 11 is 0.